The van der Waals surface area contributed by atoms with Gasteiger partial charge in [-0.25, -0.2) is 4.39 Å². The van der Waals surface area contributed by atoms with Crippen LogP contribution in [0, 0.1) is 11.3 Å². The minimum atomic E-state index is -0.879. The minimum absolute atomic E-state index is 0.0432. The average Bonchev–Trinajstić information content (AvgIpc) is 3.26. The first-order chi connectivity index (χ1) is 16.5. The molecule has 0 radical (unpaired) electrons. The molecule has 7 N–H and O–H groups in total. The Hall–Kier alpha value is -0.800. The summed E-state index contributed by atoms with van der Waals surface area (Å²) in [6.45, 7) is 4.26. The molecule has 4 fully saturated rings. The van der Waals surface area contributed by atoms with Crippen LogP contribution in [0.2, 0.25) is 0 Å². The van der Waals surface area contributed by atoms with Gasteiger partial charge in [0.15, 0.2) is 0 Å². The molecule has 3 heterocycles. The quantitative estimate of drug-likeness (QED) is 0.385. The van der Waals surface area contributed by atoms with E-state index >= 15 is 0 Å². The molecule has 5 atom stereocenters. The third-order valence-corrected chi connectivity index (χ3v) is 9.11. The lowest BCUT2D eigenvalue weighted by molar-refractivity contribution is -0.128. The number of alkyl halides is 1. The Bertz CT molecular complexity index is 633. The summed E-state index contributed by atoms with van der Waals surface area (Å²) >= 11 is 0. The molecule has 7 nitrogen and oxygen atoms in total. The maximum absolute atomic E-state index is 14.9. The van der Waals surface area contributed by atoms with Gasteiger partial charge in [-0.15, -0.1) is 0 Å². The first-order valence-corrected chi connectivity index (χ1v) is 14.1. The van der Waals surface area contributed by atoms with Crippen molar-refractivity contribution in [3.8, 4) is 0 Å². The molecule has 3 aliphatic heterocycles. The lowest BCUT2D eigenvalue weighted by Crippen LogP contribution is -2.64. The summed E-state index contributed by atoms with van der Waals surface area (Å²) in [4.78, 5) is 16.3. The molecule has 1 spiro atoms. The fourth-order valence-corrected chi connectivity index (χ4v) is 7.34. The first-order valence-electron chi connectivity index (χ1n) is 14.1. The molecule has 1 saturated carbocycles. The van der Waals surface area contributed by atoms with Gasteiger partial charge < -0.3 is 27.4 Å². The molecule has 4 rings (SSSR count). The highest BCUT2D eigenvalue weighted by atomic mass is 19.1. The van der Waals surface area contributed by atoms with Gasteiger partial charge in [-0.05, 0) is 70.0 Å². The van der Waals surface area contributed by atoms with E-state index in [1.54, 1.807) is 0 Å². The summed E-state index contributed by atoms with van der Waals surface area (Å²) in [7, 11) is 0. The molecule has 0 bridgehead atoms. The van der Waals surface area contributed by atoms with Crippen molar-refractivity contribution < 1.29 is 9.18 Å². The number of hydrogen-bond donors (Lipinski definition) is 5. The van der Waals surface area contributed by atoms with Crippen molar-refractivity contribution >= 4 is 5.91 Å². The second-order valence-electron chi connectivity index (χ2n) is 11.7. The Kier molecular flexibility index (Phi) is 9.61. The lowest BCUT2D eigenvalue weighted by Gasteiger charge is -2.42. The zero-order valence-electron chi connectivity index (χ0n) is 21.1. The molecule has 8 heteroatoms. The van der Waals surface area contributed by atoms with Crippen LogP contribution in [0.15, 0.2) is 0 Å². The van der Waals surface area contributed by atoms with Crippen LogP contribution in [-0.2, 0) is 4.79 Å². The standard InChI is InChI=1S/C26H49FN6O/c27-19-15-26(10-5-1-2-6-11-26)16-20(31-17-19)23(24(28)29)25(34)32-21-18-30-12-9-22(21)33-13-7-3-4-8-14-33/h19-24,30-31H,1-18,28-29H2,(H,32,34). The number of carbonyl (C=O) groups excluding carboxylic acids is 1. The third-order valence-electron chi connectivity index (χ3n) is 9.11. The fraction of sp³-hybridized carbons (Fsp3) is 0.962. The molecule has 1 amide bonds. The first kappa shape index (κ1) is 26.3. The van der Waals surface area contributed by atoms with Crippen LogP contribution in [0.3, 0.4) is 0 Å². The van der Waals surface area contributed by atoms with Crippen molar-refractivity contribution in [2.75, 3.05) is 32.7 Å². The third kappa shape index (κ3) is 6.69. The number of amides is 1. The van der Waals surface area contributed by atoms with E-state index in [0.717, 1.165) is 64.7 Å². The molecular weight excluding hydrogens is 431 g/mol. The number of carbonyl (C=O) groups is 1. The van der Waals surface area contributed by atoms with E-state index in [0.29, 0.717) is 12.5 Å². The van der Waals surface area contributed by atoms with Gasteiger partial charge in [0.05, 0.1) is 18.1 Å². The molecule has 5 unspecified atom stereocenters. The normalized spacial score (nSPS) is 34.7. The highest BCUT2D eigenvalue weighted by Gasteiger charge is 2.44. The van der Waals surface area contributed by atoms with Crippen LogP contribution in [0.25, 0.3) is 0 Å². The second-order valence-corrected chi connectivity index (χ2v) is 11.7. The number of piperidine rings is 1. The summed E-state index contributed by atoms with van der Waals surface area (Å²) in [6.07, 6.45) is 12.7. The molecule has 34 heavy (non-hydrogen) atoms. The Morgan fingerprint density at radius 3 is 2.32 bits per heavy atom. The van der Waals surface area contributed by atoms with E-state index in [-0.39, 0.29) is 30.0 Å². The number of halogens is 1. The maximum atomic E-state index is 14.9. The van der Waals surface area contributed by atoms with Crippen molar-refractivity contribution in [2.45, 2.75) is 114 Å². The Morgan fingerprint density at radius 1 is 0.971 bits per heavy atom. The van der Waals surface area contributed by atoms with Gasteiger partial charge >= 0.3 is 0 Å². The zero-order valence-corrected chi connectivity index (χ0v) is 21.1. The number of rotatable bonds is 5. The van der Waals surface area contributed by atoms with Gasteiger partial charge in [-0.3, -0.25) is 9.69 Å². The number of likely N-dealkylation sites (tertiary alicyclic amines) is 1. The van der Waals surface area contributed by atoms with Gasteiger partial charge in [0.25, 0.3) is 0 Å². The molecule has 196 valence electrons. The second kappa shape index (κ2) is 12.4. The van der Waals surface area contributed by atoms with Gasteiger partial charge in [0, 0.05) is 25.2 Å². The van der Waals surface area contributed by atoms with E-state index in [1.807, 2.05) is 0 Å². The summed E-state index contributed by atoms with van der Waals surface area (Å²) in [5.41, 5.74) is 12.5. The molecule has 4 aliphatic rings. The van der Waals surface area contributed by atoms with Crippen molar-refractivity contribution in [1.82, 2.24) is 20.9 Å². The van der Waals surface area contributed by atoms with Crippen molar-refractivity contribution in [3.05, 3.63) is 0 Å². The van der Waals surface area contributed by atoms with Gasteiger partial charge in [0.1, 0.15) is 6.17 Å². The molecular formula is C26H49FN6O. The van der Waals surface area contributed by atoms with E-state index in [4.69, 9.17) is 11.5 Å². The summed E-state index contributed by atoms with van der Waals surface area (Å²) in [5.74, 6) is -0.626. The number of nitrogens with two attached hydrogens (primary N) is 2. The van der Waals surface area contributed by atoms with Crippen LogP contribution >= 0.6 is 0 Å². The largest absolute Gasteiger partial charge is 0.350 e. The highest BCUT2D eigenvalue weighted by Crippen LogP contribution is 2.45. The molecule has 1 aliphatic carbocycles. The van der Waals surface area contributed by atoms with Crippen LogP contribution in [0.4, 0.5) is 4.39 Å². The minimum Gasteiger partial charge on any atom is -0.350 e. The van der Waals surface area contributed by atoms with E-state index in [9.17, 15) is 9.18 Å². The predicted octanol–water partition coefficient (Wildman–Crippen LogP) is 2.00. The number of hydrogen-bond acceptors (Lipinski definition) is 6. The molecule has 0 aromatic heterocycles. The fourth-order valence-electron chi connectivity index (χ4n) is 7.34. The van der Waals surface area contributed by atoms with Crippen LogP contribution in [0.1, 0.15) is 83.5 Å². The van der Waals surface area contributed by atoms with Crippen molar-refractivity contribution in [3.63, 3.8) is 0 Å². The predicted molar refractivity (Wildman–Crippen MR) is 135 cm³/mol. The topological polar surface area (TPSA) is 108 Å². The van der Waals surface area contributed by atoms with E-state index in [1.165, 1.54) is 38.5 Å². The van der Waals surface area contributed by atoms with Crippen LogP contribution < -0.4 is 27.4 Å². The maximum Gasteiger partial charge on any atom is 0.227 e. The number of nitrogens with zero attached hydrogens (tertiary/aromatic N) is 1. The van der Waals surface area contributed by atoms with Gasteiger partial charge in [-0.1, -0.05) is 38.5 Å². The summed E-state index contributed by atoms with van der Waals surface area (Å²) in [6, 6.07) is 0.211. The molecule has 0 aromatic rings. The summed E-state index contributed by atoms with van der Waals surface area (Å²) in [5, 5.41) is 10.2. The summed E-state index contributed by atoms with van der Waals surface area (Å²) < 4.78 is 14.9. The molecule has 0 aromatic carbocycles. The zero-order chi connectivity index (χ0) is 24.0. The number of nitrogens with one attached hydrogen (secondary N) is 3. The van der Waals surface area contributed by atoms with Gasteiger partial charge in [0.2, 0.25) is 5.91 Å². The SMILES string of the molecule is NC(N)C(C(=O)NC1CNCCC1N1CCCCCC1)C1CC2(CCCCCC2)CC(F)CN1. The van der Waals surface area contributed by atoms with Crippen LogP contribution in [0.5, 0.6) is 0 Å². The Labute approximate surface area is 205 Å². The van der Waals surface area contributed by atoms with E-state index < -0.39 is 18.3 Å². The Morgan fingerprint density at radius 2 is 1.65 bits per heavy atom. The monoisotopic (exact) mass is 480 g/mol. The Balaban J connectivity index is 1.47. The average molecular weight is 481 g/mol. The van der Waals surface area contributed by atoms with Crippen molar-refractivity contribution in [1.29, 1.82) is 0 Å². The van der Waals surface area contributed by atoms with Gasteiger partial charge in [-0.2, -0.15) is 0 Å². The van der Waals surface area contributed by atoms with Crippen molar-refractivity contribution in [2.24, 2.45) is 22.8 Å². The van der Waals surface area contributed by atoms with E-state index in [2.05, 4.69) is 20.9 Å². The van der Waals surface area contributed by atoms with Crippen LogP contribution in [-0.4, -0.2) is 74.0 Å². The smallest absolute Gasteiger partial charge is 0.227 e. The molecule has 3 saturated heterocycles. The highest BCUT2D eigenvalue weighted by molar-refractivity contribution is 5.80. The lowest BCUT2D eigenvalue weighted by atomic mass is 9.70.